The highest BCUT2D eigenvalue weighted by Crippen LogP contribution is 2.32. The predicted octanol–water partition coefficient (Wildman–Crippen LogP) is 5.23. The van der Waals surface area contributed by atoms with Gasteiger partial charge in [0.1, 0.15) is 0 Å². The molecule has 0 fully saturated rings. The van der Waals surface area contributed by atoms with E-state index in [4.69, 9.17) is 0 Å². The molecular formula is C22H18N4OS3. The minimum Gasteiger partial charge on any atom is -0.272 e. The lowest BCUT2D eigenvalue weighted by Gasteiger charge is -2.04. The highest BCUT2D eigenvalue weighted by atomic mass is 32.2. The van der Waals surface area contributed by atoms with Gasteiger partial charge in [0.2, 0.25) is 0 Å². The molecule has 0 aliphatic heterocycles. The maximum atomic E-state index is 12.0. The van der Waals surface area contributed by atoms with Crippen molar-refractivity contribution in [2.75, 3.05) is 5.75 Å². The zero-order valence-corrected chi connectivity index (χ0v) is 18.3. The Balaban J connectivity index is 1.26. The Bertz CT molecular complexity index is 1160. The number of rotatable bonds is 8. The molecule has 1 amide bonds. The third-order valence-corrected chi connectivity index (χ3v) is 7.39. The highest BCUT2D eigenvalue weighted by molar-refractivity contribution is 8.03. The van der Waals surface area contributed by atoms with Crippen LogP contribution in [-0.2, 0) is 10.5 Å². The summed E-state index contributed by atoms with van der Waals surface area (Å²) in [6.45, 7) is 0. The summed E-state index contributed by atoms with van der Waals surface area (Å²) in [5.74, 6) is 0.900. The molecule has 30 heavy (non-hydrogen) atoms. The van der Waals surface area contributed by atoms with Crippen molar-refractivity contribution >= 4 is 57.8 Å². The van der Waals surface area contributed by atoms with Crippen molar-refractivity contribution in [3.8, 4) is 0 Å². The van der Waals surface area contributed by atoms with Gasteiger partial charge in [0.15, 0.2) is 8.68 Å². The lowest BCUT2D eigenvalue weighted by molar-refractivity contribution is -0.118. The SMILES string of the molecule is O=C(CSc1nnc(SCc2cccc3ccccc23)s1)N/N=C/c1ccccc1. The fourth-order valence-electron chi connectivity index (χ4n) is 2.75. The normalized spacial score (nSPS) is 11.2. The standard InChI is InChI=1S/C22H18N4OS3/c27-20(24-23-13-16-7-2-1-3-8-16)15-29-22-26-25-21(30-22)28-14-18-11-6-10-17-9-4-5-12-19(17)18/h1-13H,14-15H2,(H,24,27)/b23-13+. The Kier molecular flexibility index (Phi) is 7.12. The van der Waals surface area contributed by atoms with Gasteiger partial charge in [-0.1, -0.05) is 108 Å². The first-order valence-corrected chi connectivity index (χ1v) is 12.0. The van der Waals surface area contributed by atoms with Crippen molar-refractivity contribution in [3.05, 3.63) is 83.9 Å². The van der Waals surface area contributed by atoms with Gasteiger partial charge in [-0.2, -0.15) is 5.10 Å². The van der Waals surface area contributed by atoms with Gasteiger partial charge < -0.3 is 0 Å². The van der Waals surface area contributed by atoms with Crippen LogP contribution in [-0.4, -0.2) is 28.1 Å². The topological polar surface area (TPSA) is 67.2 Å². The Hall–Kier alpha value is -2.68. The van der Waals surface area contributed by atoms with E-state index in [-0.39, 0.29) is 11.7 Å². The number of nitrogens with one attached hydrogen (secondary N) is 1. The Morgan fingerprint density at radius 1 is 0.933 bits per heavy atom. The molecule has 0 radical (unpaired) electrons. The van der Waals surface area contributed by atoms with Crippen LogP contribution in [0.1, 0.15) is 11.1 Å². The van der Waals surface area contributed by atoms with Crippen LogP contribution in [0.5, 0.6) is 0 Å². The molecule has 4 aromatic rings. The molecule has 0 aliphatic rings. The molecule has 4 rings (SSSR count). The van der Waals surface area contributed by atoms with E-state index in [0.717, 1.165) is 20.0 Å². The van der Waals surface area contributed by atoms with Crippen molar-refractivity contribution < 1.29 is 4.79 Å². The molecule has 0 unspecified atom stereocenters. The number of hydrogen-bond acceptors (Lipinski definition) is 7. The van der Waals surface area contributed by atoms with E-state index in [0.29, 0.717) is 0 Å². The smallest absolute Gasteiger partial charge is 0.250 e. The lowest BCUT2D eigenvalue weighted by atomic mass is 10.1. The lowest BCUT2D eigenvalue weighted by Crippen LogP contribution is -2.19. The van der Waals surface area contributed by atoms with Crippen molar-refractivity contribution in [2.24, 2.45) is 5.10 Å². The Morgan fingerprint density at radius 3 is 2.53 bits per heavy atom. The van der Waals surface area contributed by atoms with Gasteiger partial charge in [-0.25, -0.2) is 5.43 Å². The van der Waals surface area contributed by atoms with Crippen molar-refractivity contribution in [2.45, 2.75) is 14.4 Å². The largest absolute Gasteiger partial charge is 0.272 e. The summed E-state index contributed by atoms with van der Waals surface area (Å²) in [6, 6.07) is 24.3. The molecular weight excluding hydrogens is 432 g/mol. The maximum Gasteiger partial charge on any atom is 0.250 e. The quantitative estimate of drug-likeness (QED) is 0.226. The van der Waals surface area contributed by atoms with E-state index in [1.165, 1.54) is 39.4 Å². The van der Waals surface area contributed by atoms with Gasteiger partial charge in [-0.05, 0) is 21.9 Å². The number of thioether (sulfide) groups is 2. The second-order valence-electron chi connectivity index (χ2n) is 6.25. The minimum absolute atomic E-state index is 0.174. The second kappa shape index (κ2) is 10.4. The first-order valence-electron chi connectivity index (χ1n) is 9.20. The van der Waals surface area contributed by atoms with E-state index in [1.807, 2.05) is 30.3 Å². The fraction of sp³-hybridized carbons (Fsp3) is 0.0909. The molecule has 1 aromatic heterocycles. The van der Waals surface area contributed by atoms with Crippen LogP contribution in [0.4, 0.5) is 0 Å². The molecule has 0 saturated carbocycles. The molecule has 5 nitrogen and oxygen atoms in total. The Morgan fingerprint density at radius 2 is 1.67 bits per heavy atom. The molecule has 3 aromatic carbocycles. The number of benzene rings is 3. The first kappa shape index (κ1) is 20.6. The maximum absolute atomic E-state index is 12.0. The van der Waals surface area contributed by atoms with Gasteiger partial charge in [-0.15, -0.1) is 10.2 Å². The molecule has 1 N–H and O–H groups in total. The number of carbonyl (C=O) groups is 1. The van der Waals surface area contributed by atoms with Gasteiger partial charge in [-0.3, -0.25) is 4.79 Å². The number of aromatic nitrogens is 2. The summed E-state index contributed by atoms with van der Waals surface area (Å²) >= 11 is 4.53. The number of amides is 1. The molecule has 0 aliphatic carbocycles. The molecule has 0 bridgehead atoms. The predicted molar refractivity (Wildman–Crippen MR) is 126 cm³/mol. The van der Waals surface area contributed by atoms with E-state index < -0.39 is 0 Å². The summed E-state index contributed by atoms with van der Waals surface area (Å²) in [6.07, 6.45) is 1.62. The first-order chi connectivity index (χ1) is 14.8. The molecule has 8 heteroatoms. The van der Waals surface area contributed by atoms with Crippen molar-refractivity contribution in [1.82, 2.24) is 15.6 Å². The van der Waals surface area contributed by atoms with E-state index in [9.17, 15) is 4.79 Å². The van der Waals surface area contributed by atoms with Gasteiger partial charge in [0, 0.05) is 5.75 Å². The van der Waals surface area contributed by atoms with E-state index in [1.54, 1.807) is 18.0 Å². The summed E-state index contributed by atoms with van der Waals surface area (Å²) in [7, 11) is 0. The van der Waals surface area contributed by atoms with Crippen LogP contribution in [0.15, 0.2) is 86.6 Å². The molecule has 150 valence electrons. The Labute approximate surface area is 187 Å². The molecule has 0 atom stereocenters. The summed E-state index contributed by atoms with van der Waals surface area (Å²) < 4.78 is 1.67. The van der Waals surface area contributed by atoms with E-state index in [2.05, 4.69) is 63.2 Å². The second-order valence-corrected chi connectivity index (χ2v) is 9.68. The van der Waals surface area contributed by atoms with Crippen molar-refractivity contribution in [1.29, 1.82) is 0 Å². The van der Waals surface area contributed by atoms with E-state index >= 15 is 0 Å². The zero-order chi connectivity index (χ0) is 20.6. The van der Waals surface area contributed by atoms with Crippen LogP contribution < -0.4 is 5.43 Å². The van der Waals surface area contributed by atoms with Crippen LogP contribution in [0, 0.1) is 0 Å². The van der Waals surface area contributed by atoms with Gasteiger partial charge in [0.05, 0.1) is 12.0 Å². The van der Waals surface area contributed by atoms with Gasteiger partial charge in [0.25, 0.3) is 5.91 Å². The summed E-state index contributed by atoms with van der Waals surface area (Å²) in [5, 5.41) is 14.9. The monoisotopic (exact) mass is 450 g/mol. The number of fused-ring (bicyclic) bond motifs is 1. The third-order valence-electron chi connectivity index (χ3n) is 4.15. The highest BCUT2D eigenvalue weighted by Gasteiger charge is 2.09. The molecule has 0 spiro atoms. The third kappa shape index (κ3) is 5.69. The fourth-order valence-corrected chi connectivity index (χ4v) is 5.57. The average molecular weight is 451 g/mol. The molecule has 1 heterocycles. The zero-order valence-electron chi connectivity index (χ0n) is 15.9. The van der Waals surface area contributed by atoms with Crippen LogP contribution in [0.2, 0.25) is 0 Å². The number of hydrogen-bond donors (Lipinski definition) is 1. The van der Waals surface area contributed by atoms with Crippen LogP contribution in [0.3, 0.4) is 0 Å². The van der Waals surface area contributed by atoms with Crippen molar-refractivity contribution in [3.63, 3.8) is 0 Å². The number of carbonyl (C=O) groups excluding carboxylic acids is 1. The van der Waals surface area contributed by atoms with Crippen LogP contribution >= 0.6 is 34.9 Å². The number of nitrogens with zero attached hydrogens (tertiary/aromatic N) is 3. The molecule has 0 saturated heterocycles. The van der Waals surface area contributed by atoms with Gasteiger partial charge >= 0.3 is 0 Å². The average Bonchev–Trinajstić information content (AvgIpc) is 3.25. The number of hydrazone groups is 1. The van der Waals surface area contributed by atoms with Crippen LogP contribution in [0.25, 0.3) is 10.8 Å². The minimum atomic E-state index is -0.174. The summed E-state index contributed by atoms with van der Waals surface area (Å²) in [5.41, 5.74) is 4.74. The summed E-state index contributed by atoms with van der Waals surface area (Å²) in [4.78, 5) is 12.0.